The Morgan fingerprint density at radius 1 is 0.941 bits per heavy atom. The molecule has 0 fully saturated rings. The fraction of sp³-hybridized carbons (Fsp3) is 0.0714. The third-order valence-electron chi connectivity index (χ3n) is 2.54. The molecule has 2 rings (SSSR count). The topological polar surface area (TPSA) is 47.6 Å². The molecular formula is C14H14N2O. The van der Waals surface area contributed by atoms with Crippen LogP contribution in [-0.4, -0.2) is 12.8 Å². The standard InChI is InChI=1S/C14H14N2O/c1-17-13-9-7-12(8-10-13)14(16-15)11-5-3-2-4-6-11/h2-10H,15H2,1H3/b16-14-. The maximum Gasteiger partial charge on any atom is 0.118 e. The second-order valence-corrected chi connectivity index (χ2v) is 3.57. The van der Waals surface area contributed by atoms with E-state index in [-0.39, 0.29) is 0 Å². The normalized spacial score (nSPS) is 11.2. The Hall–Kier alpha value is -2.29. The van der Waals surface area contributed by atoms with Crippen LogP contribution in [0.15, 0.2) is 59.7 Å². The van der Waals surface area contributed by atoms with Gasteiger partial charge in [0.2, 0.25) is 0 Å². The molecule has 3 heteroatoms. The Labute approximate surface area is 101 Å². The van der Waals surface area contributed by atoms with Crippen molar-refractivity contribution in [2.75, 3.05) is 7.11 Å². The Morgan fingerprint density at radius 2 is 1.53 bits per heavy atom. The largest absolute Gasteiger partial charge is 0.497 e. The van der Waals surface area contributed by atoms with Gasteiger partial charge in [-0.25, -0.2) is 0 Å². The first-order valence-corrected chi connectivity index (χ1v) is 5.33. The van der Waals surface area contributed by atoms with E-state index in [1.807, 2.05) is 54.6 Å². The summed E-state index contributed by atoms with van der Waals surface area (Å²) in [4.78, 5) is 0. The van der Waals surface area contributed by atoms with Gasteiger partial charge in [-0.3, -0.25) is 0 Å². The van der Waals surface area contributed by atoms with Crippen molar-refractivity contribution in [2.24, 2.45) is 10.9 Å². The zero-order valence-corrected chi connectivity index (χ0v) is 9.63. The van der Waals surface area contributed by atoms with Crippen LogP contribution in [0.2, 0.25) is 0 Å². The van der Waals surface area contributed by atoms with Gasteiger partial charge in [-0.05, 0) is 24.3 Å². The van der Waals surface area contributed by atoms with Gasteiger partial charge >= 0.3 is 0 Å². The number of hydrogen-bond donors (Lipinski definition) is 1. The molecule has 0 atom stereocenters. The molecule has 0 heterocycles. The van der Waals surface area contributed by atoms with Crippen molar-refractivity contribution in [3.63, 3.8) is 0 Å². The van der Waals surface area contributed by atoms with Crippen molar-refractivity contribution in [2.45, 2.75) is 0 Å². The van der Waals surface area contributed by atoms with Crippen LogP contribution in [0.1, 0.15) is 11.1 Å². The number of methoxy groups -OCH3 is 1. The van der Waals surface area contributed by atoms with Crippen molar-refractivity contribution in [3.8, 4) is 5.75 Å². The molecule has 0 spiro atoms. The van der Waals surface area contributed by atoms with Gasteiger partial charge < -0.3 is 10.6 Å². The first-order chi connectivity index (χ1) is 8.35. The Bertz CT molecular complexity index is 504. The first kappa shape index (κ1) is 11.2. The summed E-state index contributed by atoms with van der Waals surface area (Å²) in [6.45, 7) is 0. The molecule has 0 aliphatic heterocycles. The maximum atomic E-state index is 5.46. The average molecular weight is 226 g/mol. The summed E-state index contributed by atoms with van der Waals surface area (Å²) in [5.74, 6) is 6.28. The van der Waals surface area contributed by atoms with Gasteiger partial charge in [0.1, 0.15) is 5.75 Å². The number of nitrogens with zero attached hydrogens (tertiary/aromatic N) is 1. The summed E-state index contributed by atoms with van der Waals surface area (Å²) < 4.78 is 5.12. The van der Waals surface area contributed by atoms with E-state index in [0.717, 1.165) is 22.6 Å². The Kier molecular flexibility index (Phi) is 3.40. The predicted molar refractivity (Wildman–Crippen MR) is 69.3 cm³/mol. The molecule has 3 nitrogen and oxygen atoms in total. The predicted octanol–water partition coefficient (Wildman–Crippen LogP) is 2.41. The fourth-order valence-electron chi connectivity index (χ4n) is 1.66. The second-order valence-electron chi connectivity index (χ2n) is 3.57. The molecule has 0 unspecified atom stereocenters. The van der Waals surface area contributed by atoms with E-state index in [2.05, 4.69) is 5.10 Å². The molecule has 0 radical (unpaired) electrons. The van der Waals surface area contributed by atoms with Gasteiger partial charge in [0, 0.05) is 11.1 Å². The van der Waals surface area contributed by atoms with Crippen molar-refractivity contribution in [1.82, 2.24) is 0 Å². The summed E-state index contributed by atoms with van der Waals surface area (Å²) in [6, 6.07) is 17.5. The van der Waals surface area contributed by atoms with Crippen LogP contribution in [0.3, 0.4) is 0 Å². The maximum absolute atomic E-state index is 5.46. The number of nitrogens with two attached hydrogens (primary N) is 1. The molecule has 2 aromatic rings. The molecular weight excluding hydrogens is 212 g/mol. The third-order valence-corrected chi connectivity index (χ3v) is 2.54. The second kappa shape index (κ2) is 5.16. The molecule has 86 valence electrons. The van der Waals surface area contributed by atoms with E-state index in [1.165, 1.54) is 0 Å². The van der Waals surface area contributed by atoms with Crippen molar-refractivity contribution in [1.29, 1.82) is 0 Å². The van der Waals surface area contributed by atoms with Gasteiger partial charge in [-0.1, -0.05) is 30.3 Å². The van der Waals surface area contributed by atoms with Crippen LogP contribution in [0.25, 0.3) is 0 Å². The van der Waals surface area contributed by atoms with Crippen molar-refractivity contribution < 1.29 is 4.74 Å². The average Bonchev–Trinajstić information content (AvgIpc) is 2.42. The highest BCUT2D eigenvalue weighted by atomic mass is 16.5. The first-order valence-electron chi connectivity index (χ1n) is 5.33. The van der Waals surface area contributed by atoms with Crippen LogP contribution in [0.4, 0.5) is 0 Å². The minimum absolute atomic E-state index is 0.772. The summed E-state index contributed by atoms with van der Waals surface area (Å²) in [5, 5.41) is 3.86. The van der Waals surface area contributed by atoms with Gasteiger partial charge in [-0.15, -0.1) is 0 Å². The summed E-state index contributed by atoms with van der Waals surface area (Å²) >= 11 is 0. The molecule has 0 aromatic heterocycles. The van der Waals surface area contributed by atoms with E-state index in [9.17, 15) is 0 Å². The van der Waals surface area contributed by atoms with Crippen molar-refractivity contribution >= 4 is 5.71 Å². The smallest absolute Gasteiger partial charge is 0.118 e. The molecule has 17 heavy (non-hydrogen) atoms. The highest BCUT2D eigenvalue weighted by Crippen LogP contribution is 2.15. The zero-order valence-electron chi connectivity index (χ0n) is 9.63. The van der Waals surface area contributed by atoms with Gasteiger partial charge in [0.15, 0.2) is 0 Å². The number of rotatable bonds is 3. The SMILES string of the molecule is COc1ccc(/C(=N\N)c2ccccc2)cc1. The summed E-state index contributed by atoms with van der Waals surface area (Å²) in [5.41, 5.74) is 2.74. The number of hydrogen-bond acceptors (Lipinski definition) is 3. The lowest BCUT2D eigenvalue weighted by molar-refractivity contribution is 0.415. The third kappa shape index (κ3) is 2.45. The van der Waals surface area contributed by atoms with Crippen molar-refractivity contribution in [3.05, 3.63) is 65.7 Å². The minimum atomic E-state index is 0.772. The Morgan fingerprint density at radius 3 is 2.06 bits per heavy atom. The van der Waals surface area contributed by atoms with Crippen LogP contribution in [0, 0.1) is 0 Å². The quantitative estimate of drug-likeness (QED) is 0.496. The molecule has 0 amide bonds. The lowest BCUT2D eigenvalue weighted by atomic mass is 10.0. The van der Waals surface area contributed by atoms with E-state index in [1.54, 1.807) is 7.11 Å². The fourth-order valence-corrected chi connectivity index (χ4v) is 1.66. The number of ether oxygens (including phenoxy) is 1. The lowest BCUT2D eigenvalue weighted by Gasteiger charge is -2.06. The highest BCUT2D eigenvalue weighted by molar-refractivity contribution is 6.12. The molecule has 0 aliphatic carbocycles. The van der Waals surface area contributed by atoms with E-state index >= 15 is 0 Å². The molecule has 2 aromatic carbocycles. The van der Waals surface area contributed by atoms with E-state index in [0.29, 0.717) is 0 Å². The molecule has 0 saturated heterocycles. The summed E-state index contributed by atoms with van der Waals surface area (Å²) in [6.07, 6.45) is 0. The Balaban J connectivity index is 2.37. The summed E-state index contributed by atoms with van der Waals surface area (Å²) in [7, 11) is 1.64. The van der Waals surface area contributed by atoms with Crippen LogP contribution in [0.5, 0.6) is 5.75 Å². The zero-order chi connectivity index (χ0) is 12.1. The van der Waals surface area contributed by atoms with Gasteiger partial charge in [0.25, 0.3) is 0 Å². The van der Waals surface area contributed by atoms with E-state index in [4.69, 9.17) is 10.6 Å². The molecule has 2 N–H and O–H groups in total. The van der Waals surface area contributed by atoms with Crippen LogP contribution < -0.4 is 10.6 Å². The molecule has 0 saturated carbocycles. The number of benzene rings is 2. The number of hydrazone groups is 1. The van der Waals surface area contributed by atoms with Gasteiger partial charge in [0.05, 0.1) is 12.8 Å². The van der Waals surface area contributed by atoms with E-state index < -0.39 is 0 Å². The molecule has 0 aliphatic rings. The van der Waals surface area contributed by atoms with Gasteiger partial charge in [-0.2, -0.15) is 5.10 Å². The monoisotopic (exact) mass is 226 g/mol. The van der Waals surface area contributed by atoms with Crippen LogP contribution >= 0.6 is 0 Å². The highest BCUT2D eigenvalue weighted by Gasteiger charge is 2.06. The lowest BCUT2D eigenvalue weighted by Crippen LogP contribution is -2.06. The minimum Gasteiger partial charge on any atom is -0.497 e. The van der Waals surface area contributed by atoms with Crippen LogP contribution in [-0.2, 0) is 0 Å². The molecule has 0 bridgehead atoms.